The second kappa shape index (κ2) is 8.38. The second-order valence-corrected chi connectivity index (χ2v) is 6.60. The van der Waals surface area contributed by atoms with Gasteiger partial charge in [0, 0.05) is 25.2 Å². The molecule has 0 spiro atoms. The first kappa shape index (κ1) is 18.6. The lowest BCUT2D eigenvalue weighted by molar-refractivity contribution is -0.137. The SMILES string of the molecule is CCOC(=O)N1CCCC(C(=O)N(C)C(C)c2cccc(Cl)c2)C1. The maximum Gasteiger partial charge on any atom is 0.409 e. The van der Waals surface area contributed by atoms with E-state index in [-0.39, 0.29) is 24.0 Å². The van der Waals surface area contributed by atoms with Crippen LogP contribution in [0.1, 0.15) is 38.3 Å². The summed E-state index contributed by atoms with van der Waals surface area (Å²) in [5.41, 5.74) is 0.997. The van der Waals surface area contributed by atoms with E-state index in [1.807, 2.05) is 31.2 Å². The van der Waals surface area contributed by atoms with Crippen molar-refractivity contribution in [2.75, 3.05) is 26.7 Å². The normalized spacial score (nSPS) is 18.8. The van der Waals surface area contributed by atoms with Gasteiger partial charge in [-0.2, -0.15) is 0 Å². The molecule has 0 aliphatic carbocycles. The summed E-state index contributed by atoms with van der Waals surface area (Å²) in [4.78, 5) is 28.1. The largest absolute Gasteiger partial charge is 0.450 e. The fraction of sp³-hybridized carbons (Fsp3) is 0.556. The smallest absolute Gasteiger partial charge is 0.409 e. The summed E-state index contributed by atoms with van der Waals surface area (Å²) in [6.45, 7) is 5.18. The molecule has 1 aromatic carbocycles. The maximum atomic E-state index is 12.8. The quantitative estimate of drug-likeness (QED) is 0.829. The number of carbonyl (C=O) groups excluding carboxylic acids is 2. The number of benzene rings is 1. The van der Waals surface area contributed by atoms with Crippen LogP contribution >= 0.6 is 11.6 Å². The van der Waals surface area contributed by atoms with Crippen molar-refractivity contribution in [2.24, 2.45) is 5.92 Å². The zero-order chi connectivity index (χ0) is 17.7. The van der Waals surface area contributed by atoms with Gasteiger partial charge >= 0.3 is 6.09 Å². The number of rotatable bonds is 4. The van der Waals surface area contributed by atoms with Gasteiger partial charge in [0.15, 0.2) is 0 Å². The Morgan fingerprint density at radius 2 is 2.21 bits per heavy atom. The molecule has 2 unspecified atom stereocenters. The maximum absolute atomic E-state index is 12.8. The van der Waals surface area contributed by atoms with Crippen LogP contribution < -0.4 is 0 Å². The molecule has 2 amide bonds. The molecule has 2 rings (SSSR count). The number of carbonyl (C=O) groups is 2. The van der Waals surface area contributed by atoms with Gasteiger partial charge in [-0.1, -0.05) is 23.7 Å². The minimum Gasteiger partial charge on any atom is -0.450 e. The molecule has 1 aliphatic rings. The topological polar surface area (TPSA) is 49.9 Å². The minimum absolute atomic E-state index is 0.0523. The van der Waals surface area contributed by atoms with Crippen LogP contribution in [0, 0.1) is 5.92 Å². The fourth-order valence-electron chi connectivity index (χ4n) is 3.03. The highest BCUT2D eigenvalue weighted by Gasteiger charge is 2.32. The van der Waals surface area contributed by atoms with Crippen molar-refractivity contribution in [3.63, 3.8) is 0 Å². The standard InChI is InChI=1S/C18H25ClN2O3/c1-4-24-18(23)21-10-6-8-15(12-21)17(22)20(3)13(2)14-7-5-9-16(19)11-14/h5,7,9,11,13,15H,4,6,8,10,12H2,1-3H3. The van der Waals surface area contributed by atoms with Gasteiger partial charge in [0.2, 0.25) is 5.91 Å². The van der Waals surface area contributed by atoms with Crippen LogP contribution in [0.2, 0.25) is 5.02 Å². The Bertz CT molecular complexity index is 593. The van der Waals surface area contributed by atoms with Gasteiger partial charge in [0.1, 0.15) is 0 Å². The highest BCUT2D eigenvalue weighted by molar-refractivity contribution is 6.30. The molecule has 1 aromatic rings. The molecule has 5 nitrogen and oxygen atoms in total. The number of hydrogen-bond acceptors (Lipinski definition) is 3. The molecule has 24 heavy (non-hydrogen) atoms. The van der Waals surface area contributed by atoms with E-state index in [9.17, 15) is 9.59 Å². The van der Waals surface area contributed by atoms with E-state index in [4.69, 9.17) is 16.3 Å². The van der Waals surface area contributed by atoms with Crippen LogP contribution in [0.25, 0.3) is 0 Å². The van der Waals surface area contributed by atoms with E-state index >= 15 is 0 Å². The number of ether oxygens (including phenoxy) is 1. The molecule has 2 atom stereocenters. The molecule has 132 valence electrons. The molecule has 6 heteroatoms. The molecule has 0 saturated carbocycles. The van der Waals surface area contributed by atoms with Gasteiger partial charge in [-0.3, -0.25) is 4.79 Å². The molecular weight excluding hydrogens is 328 g/mol. The average Bonchev–Trinajstić information content (AvgIpc) is 2.60. The van der Waals surface area contributed by atoms with E-state index in [1.165, 1.54) is 0 Å². The summed E-state index contributed by atoms with van der Waals surface area (Å²) in [6, 6.07) is 7.47. The Morgan fingerprint density at radius 1 is 1.46 bits per heavy atom. The lowest BCUT2D eigenvalue weighted by Crippen LogP contribution is -2.46. The Balaban J connectivity index is 2.02. The van der Waals surface area contributed by atoms with Crippen molar-refractivity contribution in [1.29, 1.82) is 0 Å². The summed E-state index contributed by atoms with van der Waals surface area (Å²) >= 11 is 6.04. The van der Waals surface area contributed by atoms with Crippen LogP contribution in [0.5, 0.6) is 0 Å². The van der Waals surface area contributed by atoms with Gasteiger partial charge in [-0.25, -0.2) is 4.79 Å². The number of halogens is 1. The van der Waals surface area contributed by atoms with Gasteiger partial charge in [-0.15, -0.1) is 0 Å². The summed E-state index contributed by atoms with van der Waals surface area (Å²) in [5, 5.41) is 0.659. The molecule has 1 heterocycles. The molecule has 0 N–H and O–H groups in total. The molecule has 0 radical (unpaired) electrons. The molecule has 0 bridgehead atoms. The second-order valence-electron chi connectivity index (χ2n) is 6.16. The predicted molar refractivity (Wildman–Crippen MR) is 94.0 cm³/mol. The van der Waals surface area contributed by atoms with Crippen molar-refractivity contribution >= 4 is 23.6 Å². The number of hydrogen-bond donors (Lipinski definition) is 0. The predicted octanol–water partition coefficient (Wildman–Crippen LogP) is 3.73. The van der Waals surface area contributed by atoms with Crippen molar-refractivity contribution in [3.8, 4) is 0 Å². The van der Waals surface area contributed by atoms with Crippen molar-refractivity contribution in [2.45, 2.75) is 32.7 Å². The Morgan fingerprint density at radius 3 is 2.88 bits per heavy atom. The molecule has 0 aromatic heterocycles. The number of amides is 2. The van der Waals surface area contributed by atoms with Crippen LogP contribution in [0.3, 0.4) is 0 Å². The summed E-state index contributed by atoms with van der Waals surface area (Å²) in [5.74, 6) is -0.133. The first-order valence-corrected chi connectivity index (χ1v) is 8.75. The molecule has 1 fully saturated rings. The van der Waals surface area contributed by atoms with E-state index in [0.717, 1.165) is 18.4 Å². The van der Waals surface area contributed by atoms with Crippen molar-refractivity contribution in [1.82, 2.24) is 9.80 Å². The van der Waals surface area contributed by atoms with Crippen molar-refractivity contribution in [3.05, 3.63) is 34.9 Å². The molecule has 1 aliphatic heterocycles. The Hall–Kier alpha value is -1.75. The van der Waals surface area contributed by atoms with E-state index < -0.39 is 0 Å². The van der Waals surface area contributed by atoms with Gasteiger partial charge in [-0.05, 0) is 44.4 Å². The van der Waals surface area contributed by atoms with Gasteiger partial charge < -0.3 is 14.5 Å². The number of nitrogens with zero attached hydrogens (tertiary/aromatic N) is 2. The lowest BCUT2D eigenvalue weighted by atomic mass is 9.95. The van der Waals surface area contributed by atoms with Crippen LogP contribution in [-0.4, -0.2) is 48.5 Å². The third kappa shape index (κ3) is 4.41. The lowest BCUT2D eigenvalue weighted by Gasteiger charge is -2.35. The third-order valence-corrected chi connectivity index (χ3v) is 4.79. The monoisotopic (exact) mass is 352 g/mol. The van der Waals surface area contributed by atoms with E-state index in [2.05, 4.69) is 0 Å². The molecular formula is C18H25ClN2O3. The third-order valence-electron chi connectivity index (χ3n) is 4.56. The van der Waals surface area contributed by atoms with Crippen LogP contribution in [0.4, 0.5) is 4.79 Å². The Kier molecular flexibility index (Phi) is 6.49. The molecule has 1 saturated heterocycles. The number of piperidine rings is 1. The summed E-state index contributed by atoms with van der Waals surface area (Å²) < 4.78 is 5.05. The van der Waals surface area contributed by atoms with Crippen LogP contribution in [-0.2, 0) is 9.53 Å². The first-order chi connectivity index (χ1) is 11.4. The van der Waals surface area contributed by atoms with Gasteiger partial charge in [0.05, 0.1) is 18.6 Å². The Labute approximate surface area is 148 Å². The highest BCUT2D eigenvalue weighted by Crippen LogP contribution is 2.26. The summed E-state index contributed by atoms with van der Waals surface area (Å²) in [7, 11) is 1.80. The first-order valence-electron chi connectivity index (χ1n) is 8.37. The highest BCUT2D eigenvalue weighted by atomic mass is 35.5. The van der Waals surface area contributed by atoms with Gasteiger partial charge in [0.25, 0.3) is 0 Å². The number of likely N-dealkylation sites (tertiary alicyclic amines) is 1. The zero-order valence-corrected chi connectivity index (χ0v) is 15.3. The fourth-order valence-corrected chi connectivity index (χ4v) is 3.23. The minimum atomic E-state index is -0.333. The van der Waals surface area contributed by atoms with Crippen LogP contribution in [0.15, 0.2) is 24.3 Å². The van der Waals surface area contributed by atoms with E-state index in [1.54, 1.807) is 23.8 Å². The van der Waals surface area contributed by atoms with E-state index in [0.29, 0.717) is 24.7 Å². The average molecular weight is 353 g/mol. The zero-order valence-electron chi connectivity index (χ0n) is 14.5. The van der Waals surface area contributed by atoms with Crippen molar-refractivity contribution < 1.29 is 14.3 Å². The summed E-state index contributed by atoms with van der Waals surface area (Å²) in [6.07, 6.45) is 1.27.